The van der Waals surface area contributed by atoms with Crippen LogP contribution in [0, 0.1) is 17.8 Å². The minimum Gasteiger partial charge on any atom is -0.494 e. The molecule has 9 rings (SSSR count). The number of piperidine rings is 1. The van der Waals surface area contributed by atoms with Gasteiger partial charge in [0.05, 0.1) is 30.7 Å². The number of fused-ring (bicyclic) bond motifs is 4. The number of likely N-dealkylation sites (tertiary alicyclic amines) is 1. The Labute approximate surface area is 271 Å². The molecule has 4 aliphatic rings. The van der Waals surface area contributed by atoms with E-state index in [1.807, 2.05) is 29.3 Å². The molecule has 2 bridgehead atoms. The minimum atomic E-state index is -0.204. The maximum absolute atomic E-state index is 14.0. The number of H-pyrrole nitrogens is 1. The van der Waals surface area contributed by atoms with Gasteiger partial charge in [0.15, 0.2) is 5.82 Å². The van der Waals surface area contributed by atoms with Gasteiger partial charge < -0.3 is 34.4 Å². The lowest BCUT2D eigenvalue weighted by molar-refractivity contribution is 0.0700. The first-order valence-electron chi connectivity index (χ1n) is 16.8. The molecule has 242 valence electrons. The van der Waals surface area contributed by atoms with Crippen LogP contribution in [0.5, 0.6) is 5.75 Å². The number of carbonyl (C=O) groups is 1. The molecule has 4 aromatic heterocycles. The molecule has 6 heterocycles. The van der Waals surface area contributed by atoms with E-state index < -0.39 is 0 Å². The molecule has 2 aliphatic carbocycles. The Kier molecular flexibility index (Phi) is 6.63. The number of methoxy groups -OCH3 is 1. The molecule has 47 heavy (non-hydrogen) atoms. The van der Waals surface area contributed by atoms with Crippen molar-refractivity contribution in [2.45, 2.75) is 57.3 Å². The second-order valence-electron chi connectivity index (χ2n) is 13.9. The molecule has 3 N–H and O–H groups in total. The first-order chi connectivity index (χ1) is 22.9. The monoisotopic (exact) mass is 633 g/mol. The highest BCUT2D eigenvalue weighted by atomic mass is 16.5. The summed E-state index contributed by atoms with van der Waals surface area (Å²) in [5.41, 5.74) is 10.4. The fraction of sp³-hybridized carbons (Fsp3) is 0.457. The number of amides is 1. The van der Waals surface area contributed by atoms with Crippen LogP contribution >= 0.6 is 0 Å². The van der Waals surface area contributed by atoms with Gasteiger partial charge in [-0.2, -0.15) is 0 Å². The van der Waals surface area contributed by atoms with Gasteiger partial charge in [0.2, 0.25) is 0 Å². The summed E-state index contributed by atoms with van der Waals surface area (Å²) in [6.07, 6.45) is 10.3. The predicted octanol–water partition coefficient (Wildman–Crippen LogP) is 3.64. The van der Waals surface area contributed by atoms with Crippen molar-refractivity contribution in [1.29, 1.82) is 0 Å². The summed E-state index contributed by atoms with van der Waals surface area (Å²) >= 11 is 0. The van der Waals surface area contributed by atoms with Gasteiger partial charge in [-0.3, -0.25) is 14.6 Å². The summed E-state index contributed by atoms with van der Waals surface area (Å²) in [5.74, 6) is 3.50. The SMILES string of the molecule is COc1cc(C(=O)N2CC3CCC2[C@@H]3N)cc2nc(-c3cc4cccnc4n3CC3CC3)n(C[C@H]3CCN(c4cncc(=O)[nH]4)C3)c12. The number of rotatable bonds is 8. The van der Waals surface area contributed by atoms with Crippen molar-refractivity contribution in [3.05, 3.63) is 64.8 Å². The Morgan fingerprint density at radius 1 is 1.04 bits per heavy atom. The predicted molar refractivity (Wildman–Crippen MR) is 178 cm³/mol. The Balaban J connectivity index is 1.16. The molecule has 4 atom stereocenters. The van der Waals surface area contributed by atoms with Crippen LogP contribution in [-0.2, 0) is 13.1 Å². The van der Waals surface area contributed by atoms with Crippen molar-refractivity contribution in [2.24, 2.45) is 23.5 Å². The standard InChI is InChI=1S/C35H39N9O3/c1-47-28-13-24(35(46)43-19-23-6-7-26(43)31(23)36)11-25-32(28)44(18-21-8-10-41(16-21)29-14-37-15-30(45)40-29)34(39-25)27-12-22-3-2-9-38-33(22)42(27)17-20-4-5-20/h2-3,9,11-15,20-21,23,26,31H,4-8,10,16-19,36H2,1H3,(H,40,45)/t21-,23?,26?,31+/m0/s1. The quantitative estimate of drug-likeness (QED) is 0.264. The zero-order valence-electron chi connectivity index (χ0n) is 26.5. The lowest BCUT2D eigenvalue weighted by Gasteiger charge is -2.27. The molecule has 2 unspecified atom stereocenters. The minimum absolute atomic E-state index is 0.00658. The zero-order valence-corrected chi connectivity index (χ0v) is 26.5. The molecule has 1 aromatic carbocycles. The third-order valence-corrected chi connectivity index (χ3v) is 10.9. The van der Waals surface area contributed by atoms with E-state index in [1.54, 1.807) is 13.3 Å². The fourth-order valence-electron chi connectivity index (χ4n) is 8.33. The van der Waals surface area contributed by atoms with Gasteiger partial charge in [-0.25, -0.2) is 9.97 Å². The molecule has 5 aromatic rings. The van der Waals surface area contributed by atoms with Crippen molar-refractivity contribution >= 4 is 33.8 Å². The van der Waals surface area contributed by atoms with Gasteiger partial charge in [-0.15, -0.1) is 0 Å². The number of anilines is 1. The van der Waals surface area contributed by atoms with Gasteiger partial charge >= 0.3 is 0 Å². The number of hydrogen-bond acceptors (Lipinski definition) is 8. The van der Waals surface area contributed by atoms with E-state index in [2.05, 4.69) is 36.1 Å². The van der Waals surface area contributed by atoms with Crippen LogP contribution in [0.4, 0.5) is 5.82 Å². The molecule has 0 spiro atoms. The number of nitrogens with one attached hydrogen (secondary N) is 1. The average Bonchev–Trinajstić information content (AvgIpc) is 3.39. The number of aromatic nitrogens is 6. The molecule has 12 nitrogen and oxygen atoms in total. The number of benzene rings is 1. The maximum atomic E-state index is 14.0. The van der Waals surface area contributed by atoms with E-state index >= 15 is 0 Å². The average molecular weight is 634 g/mol. The van der Waals surface area contributed by atoms with Gasteiger partial charge in [0.1, 0.15) is 22.7 Å². The van der Waals surface area contributed by atoms with E-state index in [4.69, 9.17) is 20.4 Å². The first-order valence-corrected chi connectivity index (χ1v) is 16.8. The topological polar surface area (TPSA) is 140 Å². The fourth-order valence-corrected chi connectivity index (χ4v) is 8.33. The summed E-state index contributed by atoms with van der Waals surface area (Å²) < 4.78 is 10.7. The number of imidazole rings is 1. The van der Waals surface area contributed by atoms with Gasteiger partial charge in [0, 0.05) is 62.0 Å². The van der Waals surface area contributed by atoms with Gasteiger partial charge in [-0.1, -0.05) is 0 Å². The number of pyridine rings is 1. The Hall–Kier alpha value is -4.71. The first kappa shape index (κ1) is 28.5. The number of carbonyl (C=O) groups excluding carboxylic acids is 1. The van der Waals surface area contributed by atoms with E-state index in [0.717, 1.165) is 78.3 Å². The molecule has 1 amide bonds. The maximum Gasteiger partial charge on any atom is 0.267 e. The lowest BCUT2D eigenvalue weighted by Crippen LogP contribution is -2.41. The third kappa shape index (κ3) is 4.80. The smallest absolute Gasteiger partial charge is 0.267 e. The van der Waals surface area contributed by atoms with E-state index in [-0.39, 0.29) is 29.5 Å². The van der Waals surface area contributed by atoms with E-state index in [9.17, 15) is 9.59 Å². The normalized spacial score (nSPS) is 23.9. The summed E-state index contributed by atoms with van der Waals surface area (Å²) in [6, 6.07) is 10.2. The van der Waals surface area contributed by atoms with Crippen molar-refractivity contribution in [3.63, 3.8) is 0 Å². The van der Waals surface area contributed by atoms with Crippen LogP contribution in [0.1, 0.15) is 42.5 Å². The molecule has 12 heteroatoms. The molecular weight excluding hydrogens is 594 g/mol. The number of nitrogens with zero attached hydrogens (tertiary/aromatic N) is 7. The second-order valence-corrected chi connectivity index (χ2v) is 13.9. The number of ether oxygens (including phenoxy) is 1. The molecule has 2 aliphatic heterocycles. The third-order valence-electron chi connectivity index (χ3n) is 10.9. The second kappa shape index (κ2) is 10.9. The van der Waals surface area contributed by atoms with E-state index in [0.29, 0.717) is 36.2 Å². The van der Waals surface area contributed by atoms with Crippen molar-refractivity contribution in [2.75, 3.05) is 31.6 Å². The van der Waals surface area contributed by atoms with Crippen LogP contribution in [0.15, 0.2) is 53.7 Å². The number of aromatic amines is 1. The molecule has 2 saturated carbocycles. The summed E-state index contributed by atoms with van der Waals surface area (Å²) in [7, 11) is 1.66. The largest absolute Gasteiger partial charge is 0.494 e. The Morgan fingerprint density at radius 3 is 2.68 bits per heavy atom. The van der Waals surface area contributed by atoms with Crippen LogP contribution in [0.3, 0.4) is 0 Å². The van der Waals surface area contributed by atoms with Crippen LogP contribution in [0.25, 0.3) is 33.6 Å². The summed E-state index contributed by atoms with van der Waals surface area (Å²) in [4.78, 5) is 47.2. The summed E-state index contributed by atoms with van der Waals surface area (Å²) in [6.45, 7) is 3.88. The number of nitrogens with two attached hydrogens (primary N) is 1. The lowest BCUT2D eigenvalue weighted by atomic mass is 10.1. The van der Waals surface area contributed by atoms with Crippen LogP contribution in [0.2, 0.25) is 0 Å². The van der Waals surface area contributed by atoms with Crippen LogP contribution < -0.4 is 20.9 Å². The Morgan fingerprint density at radius 2 is 1.91 bits per heavy atom. The number of hydrogen-bond donors (Lipinski definition) is 2. The van der Waals surface area contributed by atoms with Crippen molar-refractivity contribution in [1.82, 2.24) is 34.0 Å². The molecular formula is C35H39N9O3. The van der Waals surface area contributed by atoms with Gasteiger partial charge in [-0.05, 0) is 80.2 Å². The van der Waals surface area contributed by atoms with E-state index in [1.165, 1.54) is 19.0 Å². The van der Waals surface area contributed by atoms with Crippen molar-refractivity contribution in [3.8, 4) is 17.3 Å². The molecule has 0 radical (unpaired) electrons. The Bertz CT molecular complexity index is 2080. The zero-order chi connectivity index (χ0) is 31.8. The van der Waals surface area contributed by atoms with Crippen molar-refractivity contribution < 1.29 is 9.53 Å². The van der Waals surface area contributed by atoms with Gasteiger partial charge in [0.25, 0.3) is 11.5 Å². The highest BCUT2D eigenvalue weighted by molar-refractivity contribution is 6.00. The molecule has 2 saturated heterocycles. The highest BCUT2D eigenvalue weighted by Crippen LogP contribution is 2.41. The van der Waals surface area contributed by atoms with Crippen LogP contribution in [-0.4, -0.2) is 78.7 Å². The molecule has 4 fully saturated rings. The highest BCUT2D eigenvalue weighted by Gasteiger charge is 2.47. The summed E-state index contributed by atoms with van der Waals surface area (Å²) in [5, 5.41) is 1.08.